The highest BCUT2D eigenvalue weighted by atomic mass is 16.3. The van der Waals surface area contributed by atoms with Gasteiger partial charge in [-0.3, -0.25) is 9.78 Å². The number of hydrogen-bond acceptors (Lipinski definition) is 3. The van der Waals surface area contributed by atoms with Crippen LogP contribution >= 0.6 is 0 Å². The van der Waals surface area contributed by atoms with Crippen LogP contribution in [0.5, 0.6) is 0 Å². The number of carbonyl (C=O) groups is 1. The van der Waals surface area contributed by atoms with Crippen LogP contribution in [0.25, 0.3) is 0 Å². The highest BCUT2D eigenvalue weighted by Gasteiger charge is 2.33. The Morgan fingerprint density at radius 3 is 2.79 bits per heavy atom. The molecule has 0 spiro atoms. The summed E-state index contributed by atoms with van der Waals surface area (Å²) in [6.45, 7) is 2.55. The van der Waals surface area contributed by atoms with Crippen LogP contribution < -0.4 is 5.32 Å². The summed E-state index contributed by atoms with van der Waals surface area (Å²) in [5.41, 5.74) is 1.36. The number of hydrogen-bond donors (Lipinski definition) is 2. The Morgan fingerprint density at radius 1 is 1.42 bits per heavy atom. The van der Waals surface area contributed by atoms with E-state index in [1.165, 1.54) is 0 Å². The standard InChI is InChI=1S/C15H22N2O2/c1-12-4-5-13(11-17-12)6-9-16-14(18)10-15(19)7-2-3-8-15/h4-5,11,19H,2-3,6-10H2,1H3,(H,16,18). The summed E-state index contributed by atoms with van der Waals surface area (Å²) in [4.78, 5) is 16.0. The van der Waals surface area contributed by atoms with E-state index in [1.54, 1.807) is 0 Å². The van der Waals surface area contributed by atoms with E-state index in [2.05, 4.69) is 10.3 Å². The van der Waals surface area contributed by atoms with Gasteiger partial charge in [-0.2, -0.15) is 0 Å². The van der Waals surface area contributed by atoms with Gasteiger partial charge in [0.25, 0.3) is 0 Å². The smallest absolute Gasteiger partial charge is 0.222 e. The van der Waals surface area contributed by atoms with Crippen LogP contribution in [-0.2, 0) is 11.2 Å². The molecule has 2 rings (SSSR count). The fraction of sp³-hybridized carbons (Fsp3) is 0.600. The van der Waals surface area contributed by atoms with Gasteiger partial charge in [-0.25, -0.2) is 0 Å². The Hall–Kier alpha value is -1.42. The van der Waals surface area contributed by atoms with E-state index in [9.17, 15) is 9.90 Å². The Bertz CT molecular complexity index is 422. The zero-order valence-electron chi connectivity index (χ0n) is 11.5. The SMILES string of the molecule is Cc1ccc(CCNC(=O)CC2(O)CCCC2)cn1. The fourth-order valence-electron chi connectivity index (χ4n) is 2.56. The second kappa shape index (κ2) is 6.15. The first-order chi connectivity index (χ1) is 9.07. The van der Waals surface area contributed by atoms with E-state index in [4.69, 9.17) is 0 Å². The van der Waals surface area contributed by atoms with Crippen LogP contribution in [0.2, 0.25) is 0 Å². The minimum Gasteiger partial charge on any atom is -0.389 e. The topological polar surface area (TPSA) is 62.2 Å². The van der Waals surface area contributed by atoms with Crippen molar-refractivity contribution in [3.8, 4) is 0 Å². The van der Waals surface area contributed by atoms with Crippen LogP contribution in [0.4, 0.5) is 0 Å². The Morgan fingerprint density at radius 2 is 2.16 bits per heavy atom. The third-order valence-electron chi connectivity index (χ3n) is 3.73. The van der Waals surface area contributed by atoms with E-state index in [-0.39, 0.29) is 12.3 Å². The summed E-state index contributed by atoms with van der Waals surface area (Å²) in [6, 6.07) is 4.00. The monoisotopic (exact) mass is 262 g/mol. The largest absolute Gasteiger partial charge is 0.389 e. The molecule has 1 aliphatic carbocycles. The van der Waals surface area contributed by atoms with Crippen LogP contribution in [-0.4, -0.2) is 28.1 Å². The van der Waals surface area contributed by atoms with Gasteiger partial charge < -0.3 is 10.4 Å². The molecule has 2 N–H and O–H groups in total. The van der Waals surface area contributed by atoms with Crippen molar-refractivity contribution in [2.24, 2.45) is 0 Å². The molecule has 4 nitrogen and oxygen atoms in total. The summed E-state index contributed by atoms with van der Waals surface area (Å²) in [5, 5.41) is 13.0. The lowest BCUT2D eigenvalue weighted by Crippen LogP contribution is -2.35. The zero-order chi connectivity index (χ0) is 13.7. The minimum atomic E-state index is -0.754. The lowest BCUT2D eigenvalue weighted by molar-refractivity contribution is -0.125. The van der Waals surface area contributed by atoms with Crippen LogP contribution in [0.1, 0.15) is 43.4 Å². The summed E-state index contributed by atoms with van der Waals surface area (Å²) >= 11 is 0. The van der Waals surface area contributed by atoms with Crippen molar-refractivity contribution < 1.29 is 9.90 Å². The molecule has 0 unspecified atom stereocenters. The van der Waals surface area contributed by atoms with Crippen molar-refractivity contribution in [2.75, 3.05) is 6.54 Å². The number of aliphatic hydroxyl groups is 1. The molecule has 0 saturated heterocycles. The molecule has 1 amide bonds. The summed E-state index contributed by atoms with van der Waals surface area (Å²) in [7, 11) is 0. The number of aromatic nitrogens is 1. The highest BCUT2D eigenvalue weighted by Crippen LogP contribution is 2.32. The summed E-state index contributed by atoms with van der Waals surface area (Å²) in [5.74, 6) is -0.0514. The molecular formula is C15H22N2O2. The van der Waals surface area contributed by atoms with Gasteiger partial charge in [0.2, 0.25) is 5.91 Å². The quantitative estimate of drug-likeness (QED) is 0.849. The lowest BCUT2D eigenvalue weighted by atomic mass is 9.98. The maximum atomic E-state index is 11.8. The zero-order valence-corrected chi connectivity index (χ0v) is 11.5. The molecule has 0 bridgehead atoms. The van der Waals surface area contributed by atoms with Crippen molar-refractivity contribution in [3.63, 3.8) is 0 Å². The van der Waals surface area contributed by atoms with Crippen LogP contribution in [0, 0.1) is 6.92 Å². The second-order valence-corrected chi connectivity index (χ2v) is 5.52. The molecule has 1 heterocycles. The molecule has 0 aliphatic heterocycles. The van der Waals surface area contributed by atoms with Gasteiger partial charge in [-0.1, -0.05) is 18.9 Å². The lowest BCUT2D eigenvalue weighted by Gasteiger charge is -2.21. The van der Waals surface area contributed by atoms with E-state index >= 15 is 0 Å². The average molecular weight is 262 g/mol. The first-order valence-corrected chi connectivity index (χ1v) is 6.98. The highest BCUT2D eigenvalue weighted by molar-refractivity contribution is 5.77. The van der Waals surface area contributed by atoms with Gasteiger partial charge in [-0.05, 0) is 37.8 Å². The van der Waals surface area contributed by atoms with Crippen molar-refractivity contribution in [1.82, 2.24) is 10.3 Å². The fourth-order valence-corrected chi connectivity index (χ4v) is 2.56. The molecule has 0 aromatic carbocycles. The van der Waals surface area contributed by atoms with Gasteiger partial charge in [0.1, 0.15) is 0 Å². The molecule has 0 atom stereocenters. The van der Waals surface area contributed by atoms with E-state index in [0.717, 1.165) is 43.4 Å². The first-order valence-electron chi connectivity index (χ1n) is 6.98. The number of carbonyl (C=O) groups excluding carboxylic acids is 1. The molecule has 1 aromatic heterocycles. The second-order valence-electron chi connectivity index (χ2n) is 5.52. The third-order valence-corrected chi connectivity index (χ3v) is 3.73. The number of amides is 1. The predicted molar refractivity (Wildman–Crippen MR) is 73.7 cm³/mol. The average Bonchev–Trinajstić information content (AvgIpc) is 2.78. The molecule has 4 heteroatoms. The number of nitrogens with one attached hydrogen (secondary N) is 1. The van der Waals surface area contributed by atoms with Gasteiger partial charge in [0, 0.05) is 18.4 Å². The number of pyridine rings is 1. The summed E-state index contributed by atoms with van der Waals surface area (Å²) < 4.78 is 0. The van der Waals surface area contributed by atoms with Crippen molar-refractivity contribution in [3.05, 3.63) is 29.6 Å². The van der Waals surface area contributed by atoms with E-state index in [1.807, 2.05) is 25.3 Å². The molecule has 1 fully saturated rings. The molecule has 19 heavy (non-hydrogen) atoms. The maximum absolute atomic E-state index is 11.8. The number of aryl methyl sites for hydroxylation is 1. The molecule has 1 saturated carbocycles. The third kappa shape index (κ3) is 4.31. The van der Waals surface area contributed by atoms with E-state index in [0.29, 0.717) is 6.54 Å². The Kier molecular flexibility index (Phi) is 4.53. The molecule has 1 aliphatic rings. The van der Waals surface area contributed by atoms with Crippen molar-refractivity contribution in [1.29, 1.82) is 0 Å². The summed E-state index contributed by atoms with van der Waals surface area (Å²) in [6.07, 6.45) is 6.41. The van der Waals surface area contributed by atoms with Crippen LogP contribution in [0.3, 0.4) is 0 Å². The molecule has 1 aromatic rings. The van der Waals surface area contributed by atoms with E-state index < -0.39 is 5.60 Å². The number of nitrogens with zero attached hydrogens (tertiary/aromatic N) is 1. The number of rotatable bonds is 5. The van der Waals surface area contributed by atoms with Crippen LogP contribution in [0.15, 0.2) is 18.3 Å². The molecule has 104 valence electrons. The predicted octanol–water partition coefficient (Wildman–Crippen LogP) is 1.74. The van der Waals surface area contributed by atoms with Gasteiger partial charge >= 0.3 is 0 Å². The van der Waals surface area contributed by atoms with Gasteiger partial charge in [0.15, 0.2) is 0 Å². The minimum absolute atomic E-state index is 0.0514. The normalized spacial score (nSPS) is 17.4. The molecular weight excluding hydrogens is 240 g/mol. The first kappa shape index (κ1) is 14.0. The van der Waals surface area contributed by atoms with Gasteiger partial charge in [0.05, 0.1) is 12.0 Å². The van der Waals surface area contributed by atoms with Gasteiger partial charge in [-0.15, -0.1) is 0 Å². The van der Waals surface area contributed by atoms with Crippen molar-refractivity contribution in [2.45, 2.75) is 51.0 Å². The maximum Gasteiger partial charge on any atom is 0.222 e. The Balaban J connectivity index is 1.70. The molecule has 0 radical (unpaired) electrons. The Labute approximate surface area is 114 Å². The van der Waals surface area contributed by atoms with Crippen molar-refractivity contribution >= 4 is 5.91 Å².